The lowest BCUT2D eigenvalue weighted by atomic mass is 9.90. The Morgan fingerprint density at radius 2 is 1.98 bits per heavy atom. The Hall–Kier alpha value is -5.20. The summed E-state index contributed by atoms with van der Waals surface area (Å²) in [4.78, 5) is 56.4. The van der Waals surface area contributed by atoms with E-state index in [0.29, 0.717) is 54.0 Å². The smallest absolute Gasteiger partial charge is 0.410 e. The Labute approximate surface area is 251 Å². The van der Waals surface area contributed by atoms with Gasteiger partial charge in [-0.1, -0.05) is 18.2 Å². The lowest BCUT2D eigenvalue weighted by Crippen LogP contribution is -2.45. The maximum absolute atomic E-state index is 13.6. The molecule has 1 N–H and O–H groups in total. The van der Waals surface area contributed by atoms with Gasteiger partial charge < -0.3 is 14.8 Å². The van der Waals surface area contributed by atoms with Crippen molar-refractivity contribution in [3.8, 4) is 11.6 Å². The molecule has 1 saturated carbocycles. The average Bonchev–Trinajstić information content (AvgIpc) is 3.77. The molecule has 0 unspecified atom stereocenters. The number of aromatic nitrogens is 5. The minimum atomic E-state index is -0.339. The van der Waals surface area contributed by atoms with Crippen LogP contribution in [0, 0.1) is 0 Å². The Bertz CT molecular complexity index is 1940. The highest BCUT2D eigenvalue weighted by atomic mass is 16.5. The van der Waals surface area contributed by atoms with Gasteiger partial charge in [-0.2, -0.15) is 4.98 Å². The van der Waals surface area contributed by atoms with Crippen molar-refractivity contribution in [1.29, 1.82) is 0 Å². The molecule has 3 aliphatic heterocycles. The van der Waals surface area contributed by atoms with Crippen LogP contribution in [-0.2, 0) is 28.0 Å². The van der Waals surface area contributed by atoms with Gasteiger partial charge in [-0.05, 0) is 67.5 Å². The normalized spacial score (nSPS) is 18.9. The third kappa shape index (κ3) is 4.06. The van der Waals surface area contributed by atoms with Gasteiger partial charge in [0.05, 0.1) is 19.2 Å². The lowest BCUT2D eigenvalue weighted by Gasteiger charge is -2.37. The van der Waals surface area contributed by atoms with Crippen molar-refractivity contribution >= 4 is 40.5 Å². The predicted octanol–water partition coefficient (Wildman–Crippen LogP) is 3.41. The average molecular weight is 595 g/mol. The highest BCUT2D eigenvalue weighted by Gasteiger charge is 2.54. The van der Waals surface area contributed by atoms with Crippen LogP contribution in [0.2, 0.25) is 0 Å². The molecular formula is C31H30N8O5. The number of amides is 2. The van der Waals surface area contributed by atoms with Crippen LogP contribution < -0.4 is 20.5 Å². The van der Waals surface area contributed by atoms with E-state index in [1.54, 1.807) is 26.4 Å². The van der Waals surface area contributed by atoms with E-state index < -0.39 is 0 Å². The fourth-order valence-corrected chi connectivity index (χ4v) is 6.62. The summed E-state index contributed by atoms with van der Waals surface area (Å²) >= 11 is 0. The summed E-state index contributed by atoms with van der Waals surface area (Å²) in [5, 5.41) is 3.66. The number of nitrogens with one attached hydrogen (secondary N) is 1. The van der Waals surface area contributed by atoms with E-state index >= 15 is 0 Å². The molecule has 2 bridgehead atoms. The van der Waals surface area contributed by atoms with Crippen molar-refractivity contribution < 1.29 is 19.1 Å². The van der Waals surface area contributed by atoms with Crippen LogP contribution in [0.3, 0.4) is 0 Å². The standard InChI is InChI=1S/C31H30N8O5/c1-43-30(42)37-15-10-19-6-7-20(16-22(19)31(37)11-12-31)33-29-32-17-21-26(35-29)39-24-9-8-23-27(34-24)36(25(40)18-44-23)13-4-2-3-5-14-38(39)28(21)41/h3,5-9,16-17H,2,4,10-15,18H2,1H3,(H,32,33,35)/b5-3-. The second kappa shape index (κ2) is 9.93. The number of anilines is 3. The van der Waals surface area contributed by atoms with Crippen molar-refractivity contribution in [2.45, 2.75) is 44.2 Å². The molecule has 13 heteroatoms. The van der Waals surface area contributed by atoms with Crippen LogP contribution >= 0.6 is 0 Å². The predicted molar refractivity (Wildman–Crippen MR) is 161 cm³/mol. The fraction of sp³-hybridized carbons (Fsp3) is 0.355. The fourth-order valence-electron chi connectivity index (χ4n) is 6.62. The molecule has 13 nitrogen and oxygen atoms in total. The highest BCUT2D eigenvalue weighted by Crippen LogP contribution is 2.54. The van der Waals surface area contributed by atoms with E-state index in [-0.39, 0.29) is 29.7 Å². The second-order valence-electron chi connectivity index (χ2n) is 11.5. The van der Waals surface area contributed by atoms with Gasteiger partial charge in [0.1, 0.15) is 5.39 Å². The van der Waals surface area contributed by atoms with Gasteiger partial charge >= 0.3 is 6.09 Å². The van der Waals surface area contributed by atoms with Crippen LogP contribution in [-0.4, -0.2) is 68.0 Å². The maximum Gasteiger partial charge on any atom is 0.410 e. The zero-order valence-corrected chi connectivity index (χ0v) is 24.2. The van der Waals surface area contributed by atoms with Crippen molar-refractivity contribution in [2.75, 3.05) is 37.0 Å². The zero-order valence-electron chi connectivity index (χ0n) is 24.2. The number of benzene rings is 1. The molecule has 2 amide bonds. The van der Waals surface area contributed by atoms with Gasteiger partial charge in [0, 0.05) is 25.0 Å². The number of ether oxygens (including phenoxy) is 2. The van der Waals surface area contributed by atoms with Crippen LogP contribution in [0.1, 0.15) is 36.8 Å². The van der Waals surface area contributed by atoms with Crippen LogP contribution in [0.25, 0.3) is 16.9 Å². The first-order valence-electron chi connectivity index (χ1n) is 14.8. The minimum absolute atomic E-state index is 0.0339. The third-order valence-corrected chi connectivity index (χ3v) is 8.93. The number of allylic oxidation sites excluding steroid dienone is 2. The van der Waals surface area contributed by atoms with Crippen molar-refractivity contribution in [1.82, 2.24) is 29.2 Å². The number of hydrogen-bond donors (Lipinski definition) is 1. The Morgan fingerprint density at radius 3 is 2.82 bits per heavy atom. The summed E-state index contributed by atoms with van der Waals surface area (Å²) in [5.74, 6) is 1.55. The molecule has 8 rings (SSSR count). The SMILES string of the molecule is COC(=O)N1CCc2ccc(Nc3ncc4c(=O)n5n(c4n3)-c3ccc4c(n3)N(CCC/C=C\C5)C(=O)CO4)cc2C12CC2. The van der Waals surface area contributed by atoms with Crippen LogP contribution in [0.5, 0.6) is 5.75 Å². The number of fused-ring (bicyclic) bond motifs is 7. The molecule has 0 radical (unpaired) electrons. The first kappa shape index (κ1) is 26.4. The van der Waals surface area contributed by atoms with Gasteiger partial charge in [0.2, 0.25) is 5.95 Å². The molecular weight excluding hydrogens is 564 g/mol. The van der Waals surface area contributed by atoms with E-state index in [1.165, 1.54) is 18.9 Å². The Balaban J connectivity index is 1.21. The van der Waals surface area contributed by atoms with Crippen molar-refractivity contribution in [3.63, 3.8) is 0 Å². The molecule has 1 aromatic carbocycles. The molecule has 1 aliphatic carbocycles. The van der Waals surface area contributed by atoms with Crippen molar-refractivity contribution in [3.05, 3.63) is 70.2 Å². The molecule has 224 valence electrons. The zero-order chi connectivity index (χ0) is 30.0. The van der Waals surface area contributed by atoms with Gasteiger partial charge in [0.25, 0.3) is 11.5 Å². The lowest BCUT2D eigenvalue weighted by molar-refractivity contribution is -0.121. The highest BCUT2D eigenvalue weighted by molar-refractivity contribution is 5.96. The van der Waals surface area contributed by atoms with E-state index in [9.17, 15) is 14.4 Å². The van der Waals surface area contributed by atoms with Gasteiger partial charge in [-0.3, -0.25) is 19.4 Å². The molecule has 6 heterocycles. The summed E-state index contributed by atoms with van der Waals surface area (Å²) in [5.41, 5.74) is 2.90. The molecule has 0 saturated heterocycles. The third-order valence-electron chi connectivity index (χ3n) is 8.93. The first-order chi connectivity index (χ1) is 21.5. The molecule has 1 fully saturated rings. The Morgan fingerprint density at radius 1 is 1.09 bits per heavy atom. The largest absolute Gasteiger partial charge is 0.480 e. The van der Waals surface area contributed by atoms with E-state index in [1.807, 2.05) is 23.1 Å². The number of rotatable bonds is 2. The summed E-state index contributed by atoms with van der Waals surface area (Å²) in [7, 11) is 1.42. The Kier molecular flexibility index (Phi) is 5.96. The van der Waals surface area contributed by atoms with Crippen LogP contribution in [0.4, 0.5) is 22.2 Å². The molecule has 4 aliphatic rings. The van der Waals surface area contributed by atoms with Gasteiger partial charge in [-0.15, -0.1) is 0 Å². The molecule has 4 aromatic rings. The number of carbonyl (C=O) groups is 2. The number of carbonyl (C=O) groups excluding carboxylic acids is 2. The number of nitrogens with zero attached hydrogens (tertiary/aromatic N) is 7. The van der Waals surface area contributed by atoms with Crippen molar-refractivity contribution in [2.24, 2.45) is 0 Å². The molecule has 44 heavy (non-hydrogen) atoms. The number of hydrogen-bond acceptors (Lipinski definition) is 9. The summed E-state index contributed by atoms with van der Waals surface area (Å²) < 4.78 is 14.0. The summed E-state index contributed by atoms with van der Waals surface area (Å²) in [6.07, 6.45) is 9.22. The first-order valence-corrected chi connectivity index (χ1v) is 14.8. The van der Waals surface area contributed by atoms with E-state index in [4.69, 9.17) is 19.4 Å². The summed E-state index contributed by atoms with van der Waals surface area (Å²) in [6, 6.07) is 9.66. The minimum Gasteiger partial charge on any atom is -0.480 e. The number of methoxy groups -OCH3 is 1. The second-order valence-corrected chi connectivity index (χ2v) is 11.5. The summed E-state index contributed by atoms with van der Waals surface area (Å²) in [6.45, 7) is 1.43. The van der Waals surface area contributed by atoms with Crippen LogP contribution in [0.15, 0.2) is 53.5 Å². The quantitative estimate of drug-likeness (QED) is 0.346. The maximum atomic E-state index is 13.6. The number of pyridine rings is 1. The van der Waals surface area contributed by atoms with Gasteiger partial charge in [0.15, 0.2) is 29.6 Å². The molecule has 0 atom stereocenters. The molecule has 3 aromatic heterocycles. The van der Waals surface area contributed by atoms with E-state index in [0.717, 1.165) is 43.4 Å². The molecule has 1 spiro atoms. The topological polar surface area (TPSA) is 137 Å². The van der Waals surface area contributed by atoms with E-state index in [2.05, 4.69) is 22.4 Å². The monoisotopic (exact) mass is 594 g/mol. The van der Waals surface area contributed by atoms with Gasteiger partial charge in [-0.25, -0.2) is 24.1 Å².